The topological polar surface area (TPSA) is 70.3 Å². The van der Waals surface area contributed by atoms with Crippen molar-refractivity contribution in [2.24, 2.45) is 0 Å². The zero-order valence-corrected chi connectivity index (χ0v) is 9.02. The van der Waals surface area contributed by atoms with Gasteiger partial charge in [0.15, 0.2) is 0 Å². The summed E-state index contributed by atoms with van der Waals surface area (Å²) in [7, 11) is 3.07. The second kappa shape index (κ2) is 7.23. The van der Waals surface area contributed by atoms with Gasteiger partial charge in [-0.1, -0.05) is 13.8 Å². The van der Waals surface area contributed by atoms with E-state index in [0.717, 1.165) is 0 Å². The highest BCUT2D eigenvalue weighted by molar-refractivity contribution is 5.17. The molecular weight excluding hydrogens is 182 g/mol. The highest BCUT2D eigenvalue weighted by atomic mass is 16.7. The van der Waals surface area contributed by atoms with E-state index in [1.807, 2.05) is 13.8 Å². The van der Waals surface area contributed by atoms with Crippen molar-refractivity contribution in [1.29, 1.82) is 0 Å². The normalized spacial score (nSPS) is 9.50. The summed E-state index contributed by atoms with van der Waals surface area (Å²) in [5.74, 6) is 0.214. The van der Waals surface area contributed by atoms with Crippen molar-refractivity contribution in [3.05, 3.63) is 18.0 Å². The predicted molar refractivity (Wildman–Crippen MR) is 54.6 cm³/mol. The van der Waals surface area contributed by atoms with Gasteiger partial charge in [-0.3, -0.25) is 0 Å². The van der Waals surface area contributed by atoms with E-state index >= 15 is 0 Å². The number of rotatable bonds is 3. The molecule has 1 heterocycles. The Labute approximate surface area is 84.3 Å². The van der Waals surface area contributed by atoms with Crippen molar-refractivity contribution in [3.8, 4) is 0 Å². The van der Waals surface area contributed by atoms with E-state index in [9.17, 15) is 0 Å². The summed E-state index contributed by atoms with van der Waals surface area (Å²) >= 11 is 0. The van der Waals surface area contributed by atoms with Gasteiger partial charge in [0.25, 0.3) is 0 Å². The maximum absolute atomic E-state index is 5.37. The smallest absolute Gasteiger partial charge is 0.220 e. The number of ether oxygens (including phenoxy) is 2. The van der Waals surface area contributed by atoms with Crippen LogP contribution in [0.15, 0.2) is 12.3 Å². The Kier molecular flexibility index (Phi) is 6.61. The van der Waals surface area contributed by atoms with Gasteiger partial charge in [-0.05, 0) is 6.07 Å². The van der Waals surface area contributed by atoms with E-state index in [4.69, 9.17) is 15.2 Å². The van der Waals surface area contributed by atoms with E-state index in [-0.39, 0.29) is 5.95 Å². The second-order valence-electron chi connectivity index (χ2n) is 2.14. The van der Waals surface area contributed by atoms with Gasteiger partial charge >= 0.3 is 0 Å². The van der Waals surface area contributed by atoms with Crippen LogP contribution >= 0.6 is 0 Å². The standard InChI is InChI=1S/C7H11N3O2.C2H6/c1-11-6(12-2)5-3-4-9-7(8)10-5;1-2/h3-4,6H,1-2H3,(H2,8,9,10);1-2H3. The maximum atomic E-state index is 5.37. The van der Waals surface area contributed by atoms with Crippen LogP contribution in [0.4, 0.5) is 5.95 Å². The minimum atomic E-state index is -0.477. The first kappa shape index (κ1) is 12.8. The molecule has 1 rings (SSSR count). The molecule has 0 aromatic carbocycles. The third kappa shape index (κ3) is 3.68. The molecule has 2 N–H and O–H groups in total. The average molecular weight is 199 g/mol. The fourth-order valence-electron chi connectivity index (χ4n) is 0.857. The Morgan fingerprint density at radius 1 is 1.29 bits per heavy atom. The van der Waals surface area contributed by atoms with Crippen LogP contribution in [-0.2, 0) is 9.47 Å². The van der Waals surface area contributed by atoms with Gasteiger partial charge in [0, 0.05) is 20.4 Å². The molecule has 0 amide bonds. The summed E-state index contributed by atoms with van der Waals surface area (Å²) in [6, 6.07) is 1.69. The van der Waals surface area contributed by atoms with Crippen LogP contribution in [0.2, 0.25) is 0 Å². The fourth-order valence-corrected chi connectivity index (χ4v) is 0.857. The number of nitrogens with two attached hydrogens (primary N) is 1. The number of nitrogens with zero attached hydrogens (tertiary/aromatic N) is 2. The molecule has 14 heavy (non-hydrogen) atoms. The Hall–Kier alpha value is -1.20. The molecule has 80 valence electrons. The molecule has 0 radical (unpaired) electrons. The lowest BCUT2D eigenvalue weighted by molar-refractivity contribution is -0.108. The lowest BCUT2D eigenvalue weighted by Crippen LogP contribution is -2.07. The lowest BCUT2D eigenvalue weighted by atomic mass is 10.4. The number of hydrogen-bond acceptors (Lipinski definition) is 5. The average Bonchev–Trinajstić information content (AvgIpc) is 2.23. The van der Waals surface area contributed by atoms with Crippen molar-refractivity contribution in [1.82, 2.24) is 9.97 Å². The van der Waals surface area contributed by atoms with Crippen LogP contribution < -0.4 is 5.73 Å². The van der Waals surface area contributed by atoms with Crippen LogP contribution in [0.5, 0.6) is 0 Å². The number of hydrogen-bond donors (Lipinski definition) is 1. The monoisotopic (exact) mass is 199 g/mol. The highest BCUT2D eigenvalue weighted by Crippen LogP contribution is 2.13. The van der Waals surface area contributed by atoms with E-state index in [2.05, 4.69) is 9.97 Å². The van der Waals surface area contributed by atoms with Crippen LogP contribution in [0, 0.1) is 0 Å². The first-order valence-corrected chi connectivity index (χ1v) is 4.42. The quantitative estimate of drug-likeness (QED) is 0.744. The van der Waals surface area contributed by atoms with Crippen LogP contribution in [0.3, 0.4) is 0 Å². The number of nitrogen functional groups attached to an aromatic ring is 1. The molecule has 5 nitrogen and oxygen atoms in total. The van der Waals surface area contributed by atoms with Gasteiger partial charge in [0.1, 0.15) is 5.69 Å². The summed E-state index contributed by atoms with van der Waals surface area (Å²) in [5.41, 5.74) is 5.99. The van der Waals surface area contributed by atoms with Gasteiger partial charge < -0.3 is 15.2 Å². The largest absolute Gasteiger partial charge is 0.368 e. The first-order valence-electron chi connectivity index (χ1n) is 4.42. The van der Waals surface area contributed by atoms with Gasteiger partial charge in [-0.15, -0.1) is 0 Å². The third-order valence-electron chi connectivity index (χ3n) is 1.37. The van der Waals surface area contributed by atoms with Crippen LogP contribution in [-0.4, -0.2) is 24.2 Å². The van der Waals surface area contributed by atoms with Gasteiger partial charge in [0.05, 0.1) is 0 Å². The predicted octanol–water partition coefficient (Wildman–Crippen LogP) is 1.38. The summed E-state index contributed by atoms with van der Waals surface area (Å²) in [6.07, 6.45) is 1.08. The van der Waals surface area contributed by atoms with Crippen LogP contribution in [0.1, 0.15) is 25.8 Å². The molecular formula is C9H17N3O2. The number of anilines is 1. The molecule has 5 heteroatoms. The first-order chi connectivity index (χ1) is 6.77. The summed E-state index contributed by atoms with van der Waals surface area (Å²) in [6.45, 7) is 4.00. The molecule has 0 bridgehead atoms. The van der Waals surface area contributed by atoms with Gasteiger partial charge in [0.2, 0.25) is 12.2 Å². The molecule has 0 aliphatic heterocycles. The lowest BCUT2D eigenvalue weighted by Gasteiger charge is -2.11. The van der Waals surface area contributed by atoms with Crippen LogP contribution in [0.25, 0.3) is 0 Å². The Morgan fingerprint density at radius 3 is 2.29 bits per heavy atom. The minimum absolute atomic E-state index is 0.214. The van der Waals surface area contributed by atoms with Crippen molar-refractivity contribution in [2.75, 3.05) is 20.0 Å². The Balaban J connectivity index is 0.000000791. The summed E-state index contributed by atoms with van der Waals surface area (Å²) in [5, 5.41) is 0. The summed E-state index contributed by atoms with van der Waals surface area (Å²) in [4.78, 5) is 7.68. The molecule has 1 aromatic heterocycles. The zero-order valence-electron chi connectivity index (χ0n) is 9.02. The molecule has 1 aromatic rings. The number of methoxy groups -OCH3 is 2. The number of aromatic nitrogens is 2. The summed E-state index contributed by atoms with van der Waals surface area (Å²) < 4.78 is 9.94. The molecule has 0 atom stereocenters. The van der Waals surface area contributed by atoms with Gasteiger partial charge in [-0.25, -0.2) is 9.97 Å². The minimum Gasteiger partial charge on any atom is -0.368 e. The SMILES string of the molecule is CC.COC(OC)c1ccnc(N)n1. The van der Waals surface area contributed by atoms with E-state index in [0.29, 0.717) is 5.69 Å². The Bertz CT molecular complexity index is 252. The van der Waals surface area contributed by atoms with E-state index in [1.54, 1.807) is 12.3 Å². The zero-order chi connectivity index (χ0) is 11.0. The molecule has 0 unspecified atom stereocenters. The van der Waals surface area contributed by atoms with Crippen molar-refractivity contribution in [2.45, 2.75) is 20.1 Å². The molecule has 0 aliphatic carbocycles. The van der Waals surface area contributed by atoms with Crippen molar-refractivity contribution < 1.29 is 9.47 Å². The second-order valence-corrected chi connectivity index (χ2v) is 2.14. The van der Waals surface area contributed by atoms with E-state index in [1.165, 1.54) is 14.2 Å². The van der Waals surface area contributed by atoms with Crippen molar-refractivity contribution in [3.63, 3.8) is 0 Å². The fraction of sp³-hybridized carbons (Fsp3) is 0.556. The van der Waals surface area contributed by atoms with Gasteiger partial charge in [-0.2, -0.15) is 0 Å². The van der Waals surface area contributed by atoms with Crippen molar-refractivity contribution >= 4 is 5.95 Å². The maximum Gasteiger partial charge on any atom is 0.220 e. The molecule has 0 aliphatic rings. The highest BCUT2D eigenvalue weighted by Gasteiger charge is 2.09. The third-order valence-corrected chi connectivity index (χ3v) is 1.37. The molecule has 0 fully saturated rings. The molecule has 0 saturated carbocycles. The molecule has 0 spiro atoms. The van der Waals surface area contributed by atoms with E-state index < -0.39 is 6.29 Å². The molecule has 0 saturated heterocycles. The Morgan fingerprint density at radius 2 is 1.86 bits per heavy atom.